The number of carbonyl (C=O) groups is 1. The molecule has 3 aromatic heterocycles. The van der Waals surface area contributed by atoms with Gasteiger partial charge in [-0.2, -0.15) is 0 Å². The number of fused-ring (bicyclic) bond motifs is 2. The van der Waals surface area contributed by atoms with E-state index in [0.717, 1.165) is 11.3 Å². The van der Waals surface area contributed by atoms with Gasteiger partial charge in [0.25, 0.3) is 5.56 Å². The molecule has 0 saturated heterocycles. The highest BCUT2D eigenvalue weighted by Crippen LogP contribution is 2.28. The summed E-state index contributed by atoms with van der Waals surface area (Å²) >= 11 is 2.49. The van der Waals surface area contributed by atoms with Gasteiger partial charge in [0.1, 0.15) is 17.3 Å². The third kappa shape index (κ3) is 2.59. The Balaban J connectivity index is 1.56. The third-order valence-corrected chi connectivity index (χ3v) is 5.25. The minimum absolute atomic E-state index is 0.112. The summed E-state index contributed by atoms with van der Waals surface area (Å²) in [6, 6.07) is 7.49. The van der Waals surface area contributed by atoms with E-state index in [9.17, 15) is 14.0 Å². The molecule has 0 amide bonds. The van der Waals surface area contributed by atoms with Crippen LogP contribution in [0, 0.1) is 5.82 Å². The molecule has 0 unspecified atom stereocenters. The number of esters is 1. The van der Waals surface area contributed by atoms with Gasteiger partial charge >= 0.3 is 5.97 Å². The lowest BCUT2D eigenvalue weighted by Gasteiger charge is -2.02. The molecule has 0 aliphatic rings. The molecule has 0 radical (unpaired) electrons. The normalized spacial score (nSPS) is 11.2. The van der Waals surface area contributed by atoms with Crippen molar-refractivity contribution >= 4 is 43.7 Å². The van der Waals surface area contributed by atoms with E-state index in [0.29, 0.717) is 25.6 Å². The monoisotopic (exact) mass is 360 g/mol. The number of thiazole rings is 1. The quantitative estimate of drug-likeness (QED) is 0.525. The van der Waals surface area contributed by atoms with E-state index >= 15 is 0 Å². The van der Waals surface area contributed by atoms with Crippen LogP contribution in [-0.4, -0.2) is 15.4 Å². The van der Waals surface area contributed by atoms with Gasteiger partial charge in [-0.25, -0.2) is 14.2 Å². The summed E-state index contributed by atoms with van der Waals surface area (Å²) in [4.78, 5) is 29.1. The van der Waals surface area contributed by atoms with E-state index in [1.54, 1.807) is 23.7 Å². The van der Waals surface area contributed by atoms with Crippen LogP contribution in [0.5, 0.6) is 0 Å². The summed E-state index contributed by atoms with van der Waals surface area (Å²) in [6.07, 6.45) is 1.64. The Morgan fingerprint density at radius 2 is 2.21 bits per heavy atom. The first kappa shape index (κ1) is 15.0. The van der Waals surface area contributed by atoms with E-state index in [1.807, 2.05) is 0 Å². The number of nitrogens with zero attached hydrogens (tertiary/aromatic N) is 2. The standard InChI is InChI=1S/C16H9FN2O3S2/c17-11-2-1-3-12-10(11)7-13(24-12)15(21)22-8-9-6-14(20)19-4-5-23-16(19)18-9/h1-7H,8H2. The molecule has 120 valence electrons. The first-order valence-electron chi connectivity index (χ1n) is 6.93. The SMILES string of the molecule is O=C(OCc1cc(=O)n2ccsc2n1)c1cc2c(F)cccc2s1. The van der Waals surface area contributed by atoms with Crippen LogP contribution in [0.4, 0.5) is 4.39 Å². The van der Waals surface area contributed by atoms with Crippen LogP contribution in [0.2, 0.25) is 0 Å². The van der Waals surface area contributed by atoms with Crippen LogP contribution < -0.4 is 5.56 Å². The first-order chi connectivity index (χ1) is 11.6. The molecule has 0 atom stereocenters. The largest absolute Gasteiger partial charge is 0.455 e. The maximum atomic E-state index is 13.7. The predicted molar refractivity (Wildman–Crippen MR) is 90.2 cm³/mol. The average Bonchev–Trinajstić information content (AvgIpc) is 3.20. The molecule has 0 saturated carbocycles. The van der Waals surface area contributed by atoms with Gasteiger partial charge in [0.05, 0.1) is 5.69 Å². The van der Waals surface area contributed by atoms with Gasteiger partial charge in [-0.3, -0.25) is 9.20 Å². The van der Waals surface area contributed by atoms with Gasteiger partial charge in [-0.15, -0.1) is 22.7 Å². The Morgan fingerprint density at radius 1 is 1.33 bits per heavy atom. The zero-order valence-electron chi connectivity index (χ0n) is 12.1. The molecule has 4 rings (SSSR count). The fourth-order valence-corrected chi connectivity index (χ4v) is 4.01. The second kappa shape index (κ2) is 5.81. The van der Waals surface area contributed by atoms with Gasteiger partial charge in [-0.1, -0.05) is 6.07 Å². The molecular weight excluding hydrogens is 351 g/mol. The molecule has 8 heteroatoms. The van der Waals surface area contributed by atoms with Crippen molar-refractivity contribution < 1.29 is 13.9 Å². The van der Waals surface area contributed by atoms with Crippen LogP contribution in [0.15, 0.2) is 46.7 Å². The molecule has 1 aromatic carbocycles. The van der Waals surface area contributed by atoms with Crippen LogP contribution in [0.3, 0.4) is 0 Å². The minimum Gasteiger partial charge on any atom is -0.455 e. The van der Waals surface area contributed by atoms with E-state index in [4.69, 9.17) is 4.74 Å². The number of ether oxygens (including phenoxy) is 1. The molecule has 0 aliphatic heterocycles. The Bertz CT molecular complexity index is 1130. The molecule has 0 spiro atoms. The fourth-order valence-electron chi connectivity index (χ4n) is 2.30. The smallest absolute Gasteiger partial charge is 0.348 e. The average molecular weight is 360 g/mol. The number of hydrogen-bond acceptors (Lipinski definition) is 6. The number of carbonyl (C=O) groups excluding carboxylic acids is 1. The lowest BCUT2D eigenvalue weighted by atomic mass is 10.2. The molecule has 0 N–H and O–H groups in total. The van der Waals surface area contributed by atoms with E-state index in [1.165, 1.54) is 33.9 Å². The molecule has 3 heterocycles. The zero-order chi connectivity index (χ0) is 16.7. The molecular formula is C16H9FN2O3S2. The van der Waals surface area contributed by atoms with Crippen LogP contribution in [0.25, 0.3) is 15.0 Å². The van der Waals surface area contributed by atoms with Crippen molar-refractivity contribution in [2.45, 2.75) is 6.61 Å². The van der Waals surface area contributed by atoms with Crippen molar-refractivity contribution in [1.29, 1.82) is 0 Å². The van der Waals surface area contributed by atoms with Crippen LogP contribution in [-0.2, 0) is 11.3 Å². The summed E-state index contributed by atoms with van der Waals surface area (Å²) < 4.78 is 21.0. The van der Waals surface area contributed by atoms with E-state index < -0.39 is 5.97 Å². The lowest BCUT2D eigenvalue weighted by Crippen LogP contribution is -2.14. The molecule has 0 fully saturated rings. The Morgan fingerprint density at radius 3 is 3.04 bits per heavy atom. The summed E-state index contributed by atoms with van der Waals surface area (Å²) in [5.74, 6) is -0.940. The number of rotatable bonds is 3. The highest BCUT2D eigenvalue weighted by atomic mass is 32.1. The maximum absolute atomic E-state index is 13.7. The van der Waals surface area contributed by atoms with Gasteiger partial charge in [-0.05, 0) is 18.2 Å². The van der Waals surface area contributed by atoms with Crippen molar-refractivity contribution in [3.8, 4) is 0 Å². The second-order valence-electron chi connectivity index (χ2n) is 4.98. The third-order valence-electron chi connectivity index (χ3n) is 3.42. The Kier molecular flexibility index (Phi) is 3.62. The fraction of sp³-hybridized carbons (Fsp3) is 0.0625. The van der Waals surface area contributed by atoms with Crippen LogP contribution in [0.1, 0.15) is 15.4 Å². The van der Waals surface area contributed by atoms with Crippen molar-refractivity contribution in [1.82, 2.24) is 9.38 Å². The highest BCUT2D eigenvalue weighted by molar-refractivity contribution is 7.20. The van der Waals surface area contributed by atoms with Crippen molar-refractivity contribution in [2.75, 3.05) is 0 Å². The number of thiophene rings is 1. The van der Waals surface area contributed by atoms with Gasteiger partial charge in [0, 0.05) is 27.7 Å². The van der Waals surface area contributed by atoms with Crippen molar-refractivity contribution in [3.05, 3.63) is 68.7 Å². The van der Waals surface area contributed by atoms with E-state index in [2.05, 4.69) is 4.98 Å². The zero-order valence-corrected chi connectivity index (χ0v) is 13.7. The van der Waals surface area contributed by atoms with Crippen LogP contribution >= 0.6 is 22.7 Å². The first-order valence-corrected chi connectivity index (χ1v) is 8.62. The maximum Gasteiger partial charge on any atom is 0.348 e. The second-order valence-corrected chi connectivity index (χ2v) is 6.94. The number of halogens is 1. The molecule has 5 nitrogen and oxygen atoms in total. The minimum atomic E-state index is -0.566. The van der Waals surface area contributed by atoms with Crippen molar-refractivity contribution in [2.24, 2.45) is 0 Å². The topological polar surface area (TPSA) is 60.7 Å². The summed E-state index contributed by atoms with van der Waals surface area (Å²) in [6.45, 7) is -0.112. The molecule has 4 aromatic rings. The molecule has 0 bridgehead atoms. The van der Waals surface area contributed by atoms with Gasteiger partial charge < -0.3 is 4.74 Å². The lowest BCUT2D eigenvalue weighted by molar-refractivity contribution is 0.0473. The van der Waals surface area contributed by atoms with Gasteiger partial charge in [0.2, 0.25) is 0 Å². The molecule has 24 heavy (non-hydrogen) atoms. The number of aromatic nitrogens is 2. The Labute approximate surface area is 142 Å². The van der Waals surface area contributed by atoms with Gasteiger partial charge in [0.15, 0.2) is 4.96 Å². The summed E-state index contributed by atoms with van der Waals surface area (Å²) in [5, 5.41) is 2.15. The summed E-state index contributed by atoms with van der Waals surface area (Å²) in [5.41, 5.74) is 0.152. The molecule has 0 aliphatic carbocycles. The summed E-state index contributed by atoms with van der Waals surface area (Å²) in [7, 11) is 0. The Hall–Kier alpha value is -2.58. The number of hydrogen-bond donors (Lipinski definition) is 0. The van der Waals surface area contributed by atoms with Crippen molar-refractivity contribution in [3.63, 3.8) is 0 Å². The predicted octanol–water partition coefficient (Wildman–Crippen LogP) is 3.47. The van der Waals surface area contributed by atoms with E-state index in [-0.39, 0.29) is 18.0 Å². The number of benzene rings is 1. The highest BCUT2D eigenvalue weighted by Gasteiger charge is 2.14.